The van der Waals surface area contributed by atoms with Gasteiger partial charge in [0.1, 0.15) is 0 Å². The summed E-state index contributed by atoms with van der Waals surface area (Å²) in [6.07, 6.45) is 0.00320. The SMILES string of the molecule is COc1ccc(C2OC[C@@H]3C(c4ccc5c(c4)OCO5)OC[C@H]23)cc1OC. The number of hydrogen-bond donors (Lipinski definition) is 0. The highest BCUT2D eigenvalue weighted by Gasteiger charge is 2.48. The minimum atomic E-state index is -0.00573. The van der Waals surface area contributed by atoms with E-state index in [1.54, 1.807) is 14.2 Å². The van der Waals surface area contributed by atoms with Crippen molar-refractivity contribution in [3.8, 4) is 23.0 Å². The summed E-state index contributed by atoms with van der Waals surface area (Å²) in [5.41, 5.74) is 2.21. The molecule has 2 saturated heterocycles. The van der Waals surface area contributed by atoms with Crippen LogP contribution in [-0.4, -0.2) is 34.2 Å². The summed E-state index contributed by atoms with van der Waals surface area (Å²) in [6.45, 7) is 1.62. The molecule has 5 rings (SSSR count). The zero-order valence-corrected chi connectivity index (χ0v) is 15.3. The normalized spacial score (nSPS) is 28.2. The van der Waals surface area contributed by atoms with Gasteiger partial charge in [-0.3, -0.25) is 0 Å². The molecule has 0 aliphatic carbocycles. The molecule has 3 heterocycles. The lowest BCUT2D eigenvalue weighted by Crippen LogP contribution is -2.14. The van der Waals surface area contributed by atoms with Gasteiger partial charge in [-0.1, -0.05) is 12.1 Å². The maximum Gasteiger partial charge on any atom is 0.231 e. The molecule has 142 valence electrons. The van der Waals surface area contributed by atoms with Crippen LogP contribution >= 0.6 is 0 Å². The maximum absolute atomic E-state index is 6.19. The zero-order valence-electron chi connectivity index (χ0n) is 15.3. The molecule has 4 atom stereocenters. The number of rotatable bonds is 4. The molecule has 0 N–H and O–H groups in total. The molecule has 2 aromatic carbocycles. The molecule has 0 amide bonds. The fourth-order valence-electron chi connectivity index (χ4n) is 4.35. The average molecular weight is 370 g/mol. The number of hydrogen-bond acceptors (Lipinski definition) is 6. The van der Waals surface area contributed by atoms with E-state index in [1.165, 1.54) is 0 Å². The summed E-state index contributed by atoms with van der Waals surface area (Å²) in [6, 6.07) is 12.0. The van der Waals surface area contributed by atoms with Crippen LogP contribution in [0.25, 0.3) is 0 Å². The van der Waals surface area contributed by atoms with Crippen LogP contribution in [-0.2, 0) is 9.47 Å². The van der Waals surface area contributed by atoms with Crippen molar-refractivity contribution < 1.29 is 28.4 Å². The third kappa shape index (κ3) is 2.71. The van der Waals surface area contributed by atoms with Crippen molar-refractivity contribution in [2.45, 2.75) is 12.2 Å². The standard InChI is InChI=1S/C21H22O6/c1-22-16-5-3-12(7-18(16)23-2)20-14-9-25-21(15(14)10-24-20)13-4-6-17-19(8-13)27-11-26-17/h3-8,14-15,20-21H,9-11H2,1-2H3/t14-,15-,20?,21?/m0/s1. The van der Waals surface area contributed by atoms with E-state index in [-0.39, 0.29) is 19.0 Å². The molecule has 2 aromatic rings. The predicted molar refractivity (Wildman–Crippen MR) is 96.5 cm³/mol. The van der Waals surface area contributed by atoms with Gasteiger partial charge in [-0.25, -0.2) is 0 Å². The van der Waals surface area contributed by atoms with Crippen LogP contribution in [0.1, 0.15) is 23.3 Å². The van der Waals surface area contributed by atoms with Crippen LogP contribution in [0.2, 0.25) is 0 Å². The van der Waals surface area contributed by atoms with E-state index in [9.17, 15) is 0 Å². The Balaban J connectivity index is 1.39. The Hall–Kier alpha value is -2.44. The number of methoxy groups -OCH3 is 2. The highest BCUT2D eigenvalue weighted by Crippen LogP contribution is 2.51. The van der Waals surface area contributed by atoms with E-state index in [0.29, 0.717) is 30.8 Å². The molecule has 2 fully saturated rings. The number of fused-ring (bicyclic) bond motifs is 2. The van der Waals surface area contributed by atoms with Gasteiger partial charge in [-0.05, 0) is 35.4 Å². The van der Waals surface area contributed by atoms with E-state index in [4.69, 9.17) is 28.4 Å². The first-order chi connectivity index (χ1) is 13.3. The van der Waals surface area contributed by atoms with Gasteiger partial charge in [0.2, 0.25) is 6.79 Å². The second-order valence-electron chi connectivity index (χ2n) is 7.06. The summed E-state index contributed by atoms with van der Waals surface area (Å²) in [7, 11) is 3.29. The van der Waals surface area contributed by atoms with Crippen molar-refractivity contribution in [1.29, 1.82) is 0 Å². The fraction of sp³-hybridized carbons (Fsp3) is 0.429. The molecule has 3 aliphatic heterocycles. The largest absolute Gasteiger partial charge is 0.493 e. The maximum atomic E-state index is 6.19. The first-order valence-corrected chi connectivity index (χ1v) is 9.13. The molecular formula is C21H22O6. The monoisotopic (exact) mass is 370 g/mol. The van der Waals surface area contributed by atoms with E-state index < -0.39 is 0 Å². The van der Waals surface area contributed by atoms with Gasteiger partial charge >= 0.3 is 0 Å². The summed E-state index contributed by atoms with van der Waals surface area (Å²) >= 11 is 0. The van der Waals surface area contributed by atoms with E-state index >= 15 is 0 Å². The fourth-order valence-corrected chi connectivity index (χ4v) is 4.35. The van der Waals surface area contributed by atoms with Gasteiger partial charge in [-0.15, -0.1) is 0 Å². The lowest BCUT2D eigenvalue weighted by atomic mass is 9.85. The Morgan fingerprint density at radius 3 is 2.07 bits per heavy atom. The molecule has 0 bridgehead atoms. The summed E-state index contributed by atoms with van der Waals surface area (Å²) < 4.78 is 34.1. The van der Waals surface area contributed by atoms with Gasteiger partial charge in [-0.2, -0.15) is 0 Å². The molecular weight excluding hydrogens is 348 g/mol. The topological polar surface area (TPSA) is 55.4 Å². The summed E-state index contributed by atoms with van der Waals surface area (Å²) in [5.74, 6) is 3.63. The summed E-state index contributed by atoms with van der Waals surface area (Å²) in [4.78, 5) is 0. The molecule has 6 heteroatoms. The van der Waals surface area contributed by atoms with Crippen molar-refractivity contribution in [3.63, 3.8) is 0 Å². The van der Waals surface area contributed by atoms with Gasteiger partial charge in [0.15, 0.2) is 23.0 Å². The van der Waals surface area contributed by atoms with Gasteiger partial charge < -0.3 is 28.4 Å². The molecule has 0 spiro atoms. The zero-order chi connectivity index (χ0) is 18.4. The van der Waals surface area contributed by atoms with Gasteiger partial charge in [0.25, 0.3) is 0 Å². The Kier molecular flexibility index (Phi) is 4.10. The smallest absolute Gasteiger partial charge is 0.231 e. The highest BCUT2D eigenvalue weighted by atomic mass is 16.7. The van der Waals surface area contributed by atoms with Crippen molar-refractivity contribution in [1.82, 2.24) is 0 Å². The minimum absolute atomic E-state index is 0.00573. The molecule has 0 aromatic heterocycles. The Labute approximate surface area is 157 Å². The van der Waals surface area contributed by atoms with E-state index in [2.05, 4.69) is 6.07 Å². The molecule has 0 saturated carbocycles. The Bertz CT molecular complexity index is 851. The average Bonchev–Trinajstić information content (AvgIpc) is 3.42. The predicted octanol–water partition coefficient (Wildman–Crippen LogP) is 3.51. The third-order valence-electron chi connectivity index (χ3n) is 5.73. The Morgan fingerprint density at radius 2 is 1.37 bits per heavy atom. The molecule has 3 aliphatic rings. The number of benzene rings is 2. The van der Waals surface area contributed by atoms with E-state index in [1.807, 2.05) is 30.3 Å². The second kappa shape index (κ2) is 6.62. The van der Waals surface area contributed by atoms with Crippen molar-refractivity contribution in [2.24, 2.45) is 11.8 Å². The highest BCUT2D eigenvalue weighted by molar-refractivity contribution is 5.46. The van der Waals surface area contributed by atoms with Crippen LogP contribution < -0.4 is 18.9 Å². The Morgan fingerprint density at radius 1 is 0.741 bits per heavy atom. The summed E-state index contributed by atoms with van der Waals surface area (Å²) in [5, 5.41) is 0. The second-order valence-corrected chi connectivity index (χ2v) is 7.06. The molecule has 6 nitrogen and oxygen atoms in total. The van der Waals surface area contributed by atoms with Crippen molar-refractivity contribution >= 4 is 0 Å². The van der Waals surface area contributed by atoms with Crippen LogP contribution in [0.5, 0.6) is 23.0 Å². The van der Waals surface area contributed by atoms with Gasteiger partial charge in [0.05, 0.1) is 39.6 Å². The van der Waals surface area contributed by atoms with E-state index in [0.717, 1.165) is 28.4 Å². The first-order valence-electron chi connectivity index (χ1n) is 9.13. The minimum Gasteiger partial charge on any atom is -0.493 e. The molecule has 27 heavy (non-hydrogen) atoms. The molecule has 0 radical (unpaired) electrons. The van der Waals surface area contributed by atoms with Crippen LogP contribution in [0.4, 0.5) is 0 Å². The third-order valence-corrected chi connectivity index (χ3v) is 5.73. The van der Waals surface area contributed by atoms with Gasteiger partial charge in [0, 0.05) is 11.8 Å². The number of ether oxygens (including phenoxy) is 6. The van der Waals surface area contributed by atoms with Crippen molar-refractivity contribution in [3.05, 3.63) is 47.5 Å². The lowest BCUT2D eigenvalue weighted by molar-refractivity contribution is 0.0191. The van der Waals surface area contributed by atoms with Crippen molar-refractivity contribution in [2.75, 3.05) is 34.2 Å². The first kappa shape index (κ1) is 16.7. The van der Waals surface area contributed by atoms with Crippen LogP contribution in [0, 0.1) is 11.8 Å². The quantitative estimate of drug-likeness (QED) is 0.821. The lowest BCUT2D eigenvalue weighted by Gasteiger charge is -2.18. The van der Waals surface area contributed by atoms with Crippen LogP contribution in [0.3, 0.4) is 0 Å². The molecule has 2 unspecified atom stereocenters. The van der Waals surface area contributed by atoms with Crippen LogP contribution in [0.15, 0.2) is 36.4 Å².